The van der Waals surface area contributed by atoms with Crippen molar-refractivity contribution in [2.75, 3.05) is 37.7 Å². The van der Waals surface area contributed by atoms with Gasteiger partial charge in [-0.2, -0.15) is 0 Å². The van der Waals surface area contributed by atoms with Gasteiger partial charge in [0, 0.05) is 19.2 Å². The van der Waals surface area contributed by atoms with Crippen LogP contribution in [0.2, 0.25) is 0 Å². The number of carbonyl (C=O) groups is 1. The molecule has 0 amide bonds. The normalized spacial score (nSPS) is 17.1. The Kier molecular flexibility index (Phi) is 6.32. The predicted molar refractivity (Wildman–Crippen MR) is 89.9 cm³/mol. The van der Waals surface area contributed by atoms with Crippen LogP contribution in [0.1, 0.15) is 23.2 Å². The van der Waals surface area contributed by atoms with Gasteiger partial charge in [-0.3, -0.25) is 10.1 Å². The predicted octanol–water partition coefficient (Wildman–Crippen LogP) is 1.18. The van der Waals surface area contributed by atoms with E-state index in [1.807, 2.05) is 0 Å². The molecule has 1 aromatic rings. The van der Waals surface area contributed by atoms with E-state index in [-0.39, 0.29) is 35.1 Å². The quantitative estimate of drug-likeness (QED) is 0.409. The summed E-state index contributed by atoms with van der Waals surface area (Å²) in [4.78, 5) is 23.4. The smallest absolute Gasteiger partial charge is 0.339 e. The second kappa shape index (κ2) is 8.26. The van der Waals surface area contributed by atoms with Gasteiger partial charge in [0.1, 0.15) is 11.3 Å². The molecular weight excluding hydrogens is 352 g/mol. The number of hydrogen-bond acceptors (Lipinski definition) is 7. The molecule has 1 aromatic carbocycles. The summed E-state index contributed by atoms with van der Waals surface area (Å²) in [5.41, 5.74) is -0.346. The van der Waals surface area contributed by atoms with E-state index in [9.17, 15) is 23.3 Å². The number of benzene rings is 1. The van der Waals surface area contributed by atoms with Crippen molar-refractivity contribution >= 4 is 21.5 Å². The first kappa shape index (κ1) is 19.1. The lowest BCUT2D eigenvalue weighted by Gasteiger charge is -2.26. The van der Waals surface area contributed by atoms with E-state index in [0.717, 1.165) is 31.2 Å². The van der Waals surface area contributed by atoms with Crippen molar-refractivity contribution in [2.24, 2.45) is 0 Å². The average molecular weight is 372 g/mol. The fourth-order valence-electron chi connectivity index (χ4n) is 2.51. The number of carboxylic acids is 1. The van der Waals surface area contributed by atoms with Crippen molar-refractivity contribution in [1.82, 2.24) is 4.90 Å². The van der Waals surface area contributed by atoms with E-state index in [1.54, 1.807) is 0 Å². The molecule has 0 aliphatic carbocycles. The molecule has 2 rings (SSSR count). The highest BCUT2D eigenvalue weighted by atomic mass is 32.2. The monoisotopic (exact) mass is 372 g/mol. The van der Waals surface area contributed by atoms with Crippen LogP contribution in [0.25, 0.3) is 0 Å². The Morgan fingerprint density at radius 1 is 1.28 bits per heavy atom. The number of rotatable bonds is 8. The van der Waals surface area contributed by atoms with E-state index in [2.05, 4.69) is 4.90 Å². The number of non-ortho nitro benzene ring substituents is 1. The maximum absolute atomic E-state index is 11.3. The van der Waals surface area contributed by atoms with Crippen LogP contribution < -0.4 is 4.74 Å². The van der Waals surface area contributed by atoms with Crippen LogP contribution in [0.3, 0.4) is 0 Å². The highest BCUT2D eigenvalue weighted by Gasteiger charge is 2.21. The molecule has 1 N–H and O–H groups in total. The molecular formula is C15H20N2O7S. The molecule has 0 saturated carbocycles. The summed E-state index contributed by atoms with van der Waals surface area (Å²) in [5.74, 6) is -0.872. The third kappa shape index (κ3) is 5.68. The molecule has 138 valence electrons. The number of aromatic carboxylic acids is 1. The minimum absolute atomic E-state index is 0.0224. The van der Waals surface area contributed by atoms with Crippen LogP contribution in [0.4, 0.5) is 5.69 Å². The van der Waals surface area contributed by atoms with E-state index in [4.69, 9.17) is 9.84 Å². The Morgan fingerprint density at radius 3 is 2.56 bits per heavy atom. The molecule has 0 bridgehead atoms. The molecule has 1 saturated heterocycles. The lowest BCUT2D eigenvalue weighted by Crippen LogP contribution is -2.40. The lowest BCUT2D eigenvalue weighted by molar-refractivity contribution is -0.384. The van der Waals surface area contributed by atoms with Crippen LogP contribution in [0, 0.1) is 10.1 Å². The number of nitro benzene ring substituents is 1. The summed E-state index contributed by atoms with van der Waals surface area (Å²) >= 11 is 0. The summed E-state index contributed by atoms with van der Waals surface area (Å²) in [5, 5.41) is 19.9. The van der Waals surface area contributed by atoms with Crippen molar-refractivity contribution in [3.63, 3.8) is 0 Å². The molecule has 0 unspecified atom stereocenters. The lowest BCUT2D eigenvalue weighted by atomic mass is 10.2. The Bertz CT molecular complexity index is 734. The summed E-state index contributed by atoms with van der Waals surface area (Å²) in [7, 11) is -2.89. The topological polar surface area (TPSA) is 127 Å². The molecule has 10 heteroatoms. The molecule has 9 nitrogen and oxygen atoms in total. The molecule has 25 heavy (non-hydrogen) atoms. The standard InChI is InChI=1S/C15H20N2O7S/c18-15(19)13-4-3-12(17(20)21)11-14(13)24-8-2-1-5-16-6-9-25(22,23)10-7-16/h3-4,11H,1-2,5-10H2,(H,18,19). The first-order valence-electron chi connectivity index (χ1n) is 7.86. The van der Waals surface area contributed by atoms with Gasteiger partial charge in [0.05, 0.1) is 29.1 Å². The molecule has 1 aliphatic rings. The molecule has 1 fully saturated rings. The molecule has 1 aliphatic heterocycles. The van der Waals surface area contributed by atoms with Gasteiger partial charge in [-0.15, -0.1) is 0 Å². The Morgan fingerprint density at radius 2 is 1.96 bits per heavy atom. The second-order valence-electron chi connectivity index (χ2n) is 5.79. The first-order chi connectivity index (χ1) is 11.8. The van der Waals surface area contributed by atoms with Gasteiger partial charge in [-0.05, 0) is 25.5 Å². The fraction of sp³-hybridized carbons (Fsp3) is 0.533. The number of hydrogen-bond donors (Lipinski definition) is 1. The molecule has 0 aromatic heterocycles. The van der Waals surface area contributed by atoms with Gasteiger partial charge in [-0.1, -0.05) is 0 Å². The van der Waals surface area contributed by atoms with Gasteiger partial charge in [-0.25, -0.2) is 13.2 Å². The van der Waals surface area contributed by atoms with E-state index < -0.39 is 20.7 Å². The van der Waals surface area contributed by atoms with Gasteiger partial charge >= 0.3 is 5.97 Å². The zero-order chi connectivity index (χ0) is 18.4. The zero-order valence-corrected chi connectivity index (χ0v) is 14.4. The number of sulfone groups is 1. The van der Waals surface area contributed by atoms with E-state index in [1.165, 1.54) is 0 Å². The van der Waals surface area contributed by atoms with Gasteiger partial charge in [0.2, 0.25) is 0 Å². The Labute approximate surface area is 145 Å². The summed E-state index contributed by atoms with van der Waals surface area (Å²) in [6, 6.07) is 3.39. The highest BCUT2D eigenvalue weighted by molar-refractivity contribution is 7.91. The molecule has 0 spiro atoms. The first-order valence-corrected chi connectivity index (χ1v) is 9.68. The maximum atomic E-state index is 11.3. The molecule has 1 heterocycles. The van der Waals surface area contributed by atoms with Crippen LogP contribution in [0.5, 0.6) is 5.75 Å². The largest absolute Gasteiger partial charge is 0.492 e. The third-order valence-electron chi connectivity index (χ3n) is 3.97. The van der Waals surface area contributed by atoms with Crippen molar-refractivity contribution in [2.45, 2.75) is 12.8 Å². The van der Waals surface area contributed by atoms with Gasteiger partial charge < -0.3 is 14.7 Å². The minimum Gasteiger partial charge on any atom is -0.492 e. The van der Waals surface area contributed by atoms with E-state index >= 15 is 0 Å². The number of unbranched alkanes of at least 4 members (excludes halogenated alkanes) is 1. The third-order valence-corrected chi connectivity index (χ3v) is 5.58. The Hall–Kier alpha value is -2.20. The number of ether oxygens (including phenoxy) is 1. The maximum Gasteiger partial charge on any atom is 0.339 e. The van der Waals surface area contributed by atoms with Crippen LogP contribution >= 0.6 is 0 Å². The summed E-state index contributed by atoms with van der Waals surface area (Å²) in [6.45, 7) is 2.02. The van der Waals surface area contributed by atoms with Crippen molar-refractivity contribution < 1.29 is 28.0 Å². The minimum atomic E-state index is -2.89. The van der Waals surface area contributed by atoms with Gasteiger partial charge in [0.15, 0.2) is 9.84 Å². The average Bonchev–Trinajstić information content (AvgIpc) is 2.55. The van der Waals surface area contributed by atoms with E-state index in [0.29, 0.717) is 19.5 Å². The summed E-state index contributed by atoms with van der Waals surface area (Å²) in [6.07, 6.45) is 1.39. The molecule has 0 radical (unpaired) electrons. The van der Waals surface area contributed by atoms with Crippen molar-refractivity contribution in [3.8, 4) is 5.75 Å². The Balaban J connectivity index is 1.80. The van der Waals surface area contributed by atoms with Gasteiger partial charge in [0.25, 0.3) is 5.69 Å². The van der Waals surface area contributed by atoms with Crippen molar-refractivity contribution in [3.05, 3.63) is 33.9 Å². The zero-order valence-electron chi connectivity index (χ0n) is 13.6. The highest BCUT2D eigenvalue weighted by Crippen LogP contribution is 2.25. The van der Waals surface area contributed by atoms with Crippen LogP contribution in [0.15, 0.2) is 18.2 Å². The molecule has 0 atom stereocenters. The number of nitro groups is 1. The van der Waals surface area contributed by atoms with Crippen molar-refractivity contribution in [1.29, 1.82) is 0 Å². The van der Waals surface area contributed by atoms with Crippen LogP contribution in [-0.4, -0.2) is 67.1 Å². The fourth-order valence-corrected chi connectivity index (χ4v) is 3.79. The number of nitrogens with zero attached hydrogens (tertiary/aromatic N) is 2. The SMILES string of the molecule is O=C(O)c1ccc([N+](=O)[O-])cc1OCCCCN1CCS(=O)(=O)CC1. The summed E-state index contributed by atoms with van der Waals surface area (Å²) < 4.78 is 28.1. The van der Waals surface area contributed by atoms with Crippen LogP contribution in [-0.2, 0) is 9.84 Å². The second-order valence-corrected chi connectivity index (χ2v) is 8.10. The number of carboxylic acid groups (broad SMARTS) is 1.